The quantitative estimate of drug-likeness (QED) is 0.332. The molecule has 17 heteroatoms. The molecule has 1 spiro atoms. The molecule has 0 aliphatic carbocycles. The van der Waals surface area contributed by atoms with Gasteiger partial charge in [0.05, 0.1) is 0 Å². The van der Waals surface area contributed by atoms with Crippen molar-refractivity contribution in [3.63, 3.8) is 0 Å². The highest BCUT2D eigenvalue weighted by atomic mass is 28.4. The fraction of sp³-hybridized carbons (Fsp3) is 0.333. The van der Waals surface area contributed by atoms with Crippen LogP contribution in [-0.4, -0.2) is 33.3 Å². The molecular formula is C18H6F14O2Si. The van der Waals surface area contributed by atoms with Crippen molar-refractivity contribution in [3.8, 4) is 0 Å². The van der Waals surface area contributed by atoms with Crippen molar-refractivity contribution >= 4 is 18.9 Å². The summed E-state index contributed by atoms with van der Waals surface area (Å²) >= 11 is 0. The molecule has 0 N–H and O–H groups in total. The van der Waals surface area contributed by atoms with E-state index in [9.17, 15) is 61.5 Å². The maximum atomic E-state index is 14.0. The van der Waals surface area contributed by atoms with Gasteiger partial charge in [0.2, 0.25) is 0 Å². The highest BCUT2D eigenvalue weighted by molar-refractivity contribution is 6.94. The Morgan fingerprint density at radius 3 is 1.06 bits per heavy atom. The molecule has 2 aromatic carbocycles. The number of rotatable bonds is 0. The SMILES string of the molecule is Fc1ccc2c(c1)[Si]1(OC2(C(F)(F)F)C(F)(F)F)OC(C(F)(F)F)(C(F)(F)F)c2ccc(F)cc21. The van der Waals surface area contributed by atoms with E-state index in [-0.39, 0.29) is 36.4 Å². The molecule has 0 fully saturated rings. The lowest BCUT2D eigenvalue weighted by molar-refractivity contribution is -0.381. The van der Waals surface area contributed by atoms with Crippen LogP contribution in [0.2, 0.25) is 0 Å². The number of alkyl halides is 12. The molecule has 35 heavy (non-hydrogen) atoms. The van der Waals surface area contributed by atoms with Crippen LogP contribution in [0.3, 0.4) is 0 Å². The smallest absolute Gasteiger partial charge is 0.362 e. The van der Waals surface area contributed by atoms with Gasteiger partial charge in [0, 0.05) is 21.5 Å². The zero-order valence-electron chi connectivity index (χ0n) is 16.1. The van der Waals surface area contributed by atoms with Gasteiger partial charge in [-0.3, -0.25) is 0 Å². The van der Waals surface area contributed by atoms with Gasteiger partial charge in [-0.25, -0.2) is 8.78 Å². The van der Waals surface area contributed by atoms with Crippen LogP contribution in [0.1, 0.15) is 11.1 Å². The molecule has 0 aromatic heterocycles. The van der Waals surface area contributed by atoms with Crippen molar-refractivity contribution in [1.82, 2.24) is 0 Å². The Morgan fingerprint density at radius 1 is 0.514 bits per heavy atom. The molecule has 0 bridgehead atoms. The molecule has 2 aromatic rings. The normalized spacial score (nSPS) is 20.7. The van der Waals surface area contributed by atoms with E-state index < -0.39 is 77.6 Å². The van der Waals surface area contributed by atoms with E-state index in [0.717, 1.165) is 0 Å². The van der Waals surface area contributed by atoms with Gasteiger partial charge in [-0.1, -0.05) is 12.1 Å². The van der Waals surface area contributed by atoms with Crippen LogP contribution < -0.4 is 10.4 Å². The second-order valence-corrected chi connectivity index (χ2v) is 10.3. The third kappa shape index (κ3) is 3.03. The molecule has 0 atom stereocenters. The average molecular weight is 548 g/mol. The van der Waals surface area contributed by atoms with Crippen LogP contribution in [0, 0.1) is 11.6 Å². The zero-order valence-corrected chi connectivity index (χ0v) is 17.1. The minimum absolute atomic E-state index is 0.0735. The minimum Gasteiger partial charge on any atom is -0.362 e. The third-order valence-corrected chi connectivity index (χ3v) is 9.05. The summed E-state index contributed by atoms with van der Waals surface area (Å²) in [7, 11) is -6.44. The Bertz CT molecular complexity index is 1070. The summed E-state index contributed by atoms with van der Waals surface area (Å²) in [6.45, 7) is 0. The largest absolute Gasteiger partial charge is 0.429 e. The van der Waals surface area contributed by atoms with Crippen LogP contribution in [0.15, 0.2) is 36.4 Å². The van der Waals surface area contributed by atoms with E-state index in [1.54, 1.807) is 0 Å². The predicted molar refractivity (Wildman–Crippen MR) is 87.6 cm³/mol. The topological polar surface area (TPSA) is 18.5 Å². The maximum absolute atomic E-state index is 14.0. The number of benzene rings is 2. The lowest BCUT2D eigenvalue weighted by Crippen LogP contribution is -2.64. The highest BCUT2D eigenvalue weighted by Gasteiger charge is 2.87. The first-order chi connectivity index (χ1) is 15.7. The van der Waals surface area contributed by atoms with Crippen molar-refractivity contribution in [2.75, 3.05) is 0 Å². The Kier molecular flexibility index (Phi) is 5.04. The van der Waals surface area contributed by atoms with E-state index in [1.165, 1.54) is 0 Å². The van der Waals surface area contributed by atoms with Crippen molar-refractivity contribution in [1.29, 1.82) is 0 Å². The van der Waals surface area contributed by atoms with Crippen molar-refractivity contribution in [3.05, 3.63) is 59.2 Å². The molecule has 2 aliphatic rings. The molecule has 2 heterocycles. The van der Waals surface area contributed by atoms with Crippen molar-refractivity contribution in [2.45, 2.75) is 35.9 Å². The number of halogens is 14. The minimum atomic E-state index is -6.53. The summed E-state index contributed by atoms with van der Waals surface area (Å²) in [5.41, 5.74) is -15.1. The number of hydrogen-bond acceptors (Lipinski definition) is 2. The third-order valence-electron chi connectivity index (χ3n) is 5.62. The monoisotopic (exact) mass is 548 g/mol. The fourth-order valence-electron chi connectivity index (χ4n) is 4.28. The van der Waals surface area contributed by atoms with Crippen LogP contribution in [0.4, 0.5) is 61.5 Å². The van der Waals surface area contributed by atoms with Gasteiger partial charge in [-0.15, -0.1) is 0 Å². The van der Waals surface area contributed by atoms with Gasteiger partial charge in [-0.05, 0) is 24.3 Å². The predicted octanol–water partition coefficient (Wildman–Crippen LogP) is 5.22. The van der Waals surface area contributed by atoms with Gasteiger partial charge >= 0.3 is 33.3 Å². The Morgan fingerprint density at radius 2 is 0.800 bits per heavy atom. The second kappa shape index (κ2) is 6.87. The molecule has 192 valence electrons. The first-order valence-corrected chi connectivity index (χ1v) is 10.8. The van der Waals surface area contributed by atoms with Crippen LogP contribution in [0.5, 0.6) is 0 Å². The Hall–Kier alpha value is -2.40. The molecule has 4 rings (SSSR count). The number of fused-ring (bicyclic) bond motifs is 4. The Balaban J connectivity index is 2.21. The molecular weight excluding hydrogens is 542 g/mol. The standard InChI is InChI=1S/C18H6F14O2Si/c19-7-1-3-9-11(5-7)35(33-13(9,15(21,22)23)16(24,25)26)12-6-8(20)2-4-10(12)14(34-35,17(27,28)29)18(30,31)32/h1-6H. The molecule has 0 saturated carbocycles. The summed E-state index contributed by atoms with van der Waals surface area (Å²) in [5, 5.41) is -3.34. The van der Waals surface area contributed by atoms with Gasteiger partial charge in [0.1, 0.15) is 11.6 Å². The fourth-order valence-corrected chi connectivity index (χ4v) is 8.48. The highest BCUT2D eigenvalue weighted by Crippen LogP contribution is 2.62. The Labute approximate surface area is 185 Å². The summed E-state index contributed by atoms with van der Waals surface area (Å²) in [4.78, 5) is 0. The average Bonchev–Trinajstić information content (AvgIpc) is 3.13. The summed E-state index contributed by atoms with van der Waals surface area (Å²) in [6.07, 6.45) is -26.1. The van der Waals surface area contributed by atoms with Crippen LogP contribution in [-0.2, 0) is 20.1 Å². The van der Waals surface area contributed by atoms with E-state index in [1.807, 2.05) is 0 Å². The van der Waals surface area contributed by atoms with Crippen molar-refractivity contribution < 1.29 is 70.3 Å². The summed E-state index contributed by atoms with van der Waals surface area (Å²) < 4.78 is 204. The lowest BCUT2D eigenvalue weighted by atomic mass is 9.92. The first-order valence-electron chi connectivity index (χ1n) is 8.94. The van der Waals surface area contributed by atoms with Gasteiger partial charge in [0.25, 0.3) is 11.2 Å². The maximum Gasteiger partial charge on any atom is 0.429 e. The van der Waals surface area contributed by atoms with Crippen LogP contribution >= 0.6 is 0 Å². The lowest BCUT2D eigenvalue weighted by Gasteiger charge is -2.38. The van der Waals surface area contributed by atoms with Gasteiger partial charge < -0.3 is 8.85 Å². The van der Waals surface area contributed by atoms with E-state index >= 15 is 0 Å². The summed E-state index contributed by atoms with van der Waals surface area (Å²) in [6, 6.07) is -0.390. The second-order valence-electron chi connectivity index (χ2n) is 7.55. The number of hydrogen-bond donors (Lipinski definition) is 0. The van der Waals surface area contributed by atoms with Gasteiger partial charge in [-0.2, -0.15) is 52.7 Å². The van der Waals surface area contributed by atoms with E-state index in [4.69, 9.17) is 0 Å². The molecule has 0 unspecified atom stereocenters. The molecule has 0 amide bonds. The van der Waals surface area contributed by atoms with E-state index in [0.29, 0.717) is 0 Å². The molecule has 0 saturated heterocycles. The first kappa shape index (κ1) is 25.7. The van der Waals surface area contributed by atoms with Gasteiger partial charge in [0.15, 0.2) is 0 Å². The molecule has 0 radical (unpaired) electrons. The van der Waals surface area contributed by atoms with E-state index in [2.05, 4.69) is 8.85 Å². The molecule has 2 aliphatic heterocycles. The van der Waals surface area contributed by atoms with Crippen LogP contribution in [0.25, 0.3) is 0 Å². The van der Waals surface area contributed by atoms with Crippen molar-refractivity contribution in [2.24, 2.45) is 0 Å². The zero-order chi connectivity index (χ0) is 26.6. The summed E-state index contributed by atoms with van der Waals surface area (Å²) in [5.74, 6) is -3.25. The molecule has 2 nitrogen and oxygen atoms in total.